The quantitative estimate of drug-likeness (QED) is 0.106. The Hall–Kier alpha value is -4.80. The molecule has 2 aliphatic heterocycles. The summed E-state index contributed by atoms with van der Waals surface area (Å²) in [6, 6.07) is 10.4. The first-order valence-electron chi connectivity index (χ1n) is 20.3. The summed E-state index contributed by atoms with van der Waals surface area (Å²) in [5.74, 6) is 0.593. The van der Waals surface area contributed by atoms with Crippen LogP contribution in [-0.2, 0) is 14.8 Å². The maximum absolute atomic E-state index is 13.9. The van der Waals surface area contributed by atoms with E-state index in [9.17, 15) is 23.3 Å². The zero-order chi connectivity index (χ0) is 39.6. The normalized spacial score (nSPS) is 22.0. The van der Waals surface area contributed by atoms with E-state index in [-0.39, 0.29) is 17.1 Å². The zero-order valence-corrected chi connectivity index (χ0v) is 33.3. The summed E-state index contributed by atoms with van der Waals surface area (Å²) in [7, 11) is -4.58. The second-order valence-corrected chi connectivity index (χ2v) is 18.2. The van der Waals surface area contributed by atoms with E-state index in [2.05, 4.69) is 41.7 Å². The highest BCUT2D eigenvalue weighted by molar-refractivity contribution is 7.90. The lowest BCUT2D eigenvalue weighted by Gasteiger charge is -2.48. The van der Waals surface area contributed by atoms with Gasteiger partial charge >= 0.3 is 5.69 Å². The van der Waals surface area contributed by atoms with Gasteiger partial charge in [0.2, 0.25) is 5.82 Å². The van der Waals surface area contributed by atoms with Gasteiger partial charge in [0.15, 0.2) is 0 Å². The fraction of sp³-hybridized carbons (Fsp3) is 0.537. The molecule has 5 heterocycles. The topological polar surface area (TPSA) is 185 Å². The molecule has 2 aliphatic carbocycles. The summed E-state index contributed by atoms with van der Waals surface area (Å²) < 4.78 is 41.2. The third kappa shape index (κ3) is 8.87. The fourth-order valence-corrected chi connectivity index (χ4v) is 10.1. The summed E-state index contributed by atoms with van der Waals surface area (Å²) in [5, 5.41) is 15.9. The zero-order valence-electron chi connectivity index (χ0n) is 32.5. The number of sulfonamides is 1. The van der Waals surface area contributed by atoms with Gasteiger partial charge in [-0.3, -0.25) is 19.8 Å². The highest BCUT2D eigenvalue weighted by Gasteiger charge is 2.40. The van der Waals surface area contributed by atoms with E-state index in [0.29, 0.717) is 41.2 Å². The average Bonchev–Trinajstić information content (AvgIpc) is 3.69. The molecule has 57 heavy (non-hydrogen) atoms. The van der Waals surface area contributed by atoms with Crippen LogP contribution in [0.3, 0.4) is 0 Å². The number of carbonyl (C=O) groups excluding carboxylic acids is 1. The third-order valence-electron chi connectivity index (χ3n) is 12.8. The van der Waals surface area contributed by atoms with E-state index >= 15 is 0 Å². The molecule has 0 radical (unpaired) electrons. The number of hydrogen-bond acceptors (Lipinski definition) is 12. The molecule has 3 N–H and O–H groups in total. The van der Waals surface area contributed by atoms with Gasteiger partial charge in [0.05, 0.1) is 36.1 Å². The smallest absolute Gasteiger partial charge is 0.312 e. The Balaban J connectivity index is 0.984. The van der Waals surface area contributed by atoms with Gasteiger partial charge < -0.3 is 24.7 Å². The largest absolute Gasteiger partial charge is 0.455 e. The van der Waals surface area contributed by atoms with Crippen LogP contribution in [0, 0.1) is 27.4 Å². The number of morpholine rings is 1. The monoisotopic (exact) mass is 800 g/mol. The van der Waals surface area contributed by atoms with Crippen LogP contribution in [-0.4, -0.2) is 91.1 Å². The van der Waals surface area contributed by atoms with Crippen molar-refractivity contribution in [3.63, 3.8) is 0 Å². The van der Waals surface area contributed by atoms with Crippen molar-refractivity contribution in [1.29, 1.82) is 0 Å². The van der Waals surface area contributed by atoms with Gasteiger partial charge in [-0.05, 0) is 92.9 Å². The number of ether oxygens (including phenoxy) is 2. The van der Waals surface area contributed by atoms with Crippen molar-refractivity contribution in [2.75, 3.05) is 56.2 Å². The van der Waals surface area contributed by atoms with Gasteiger partial charge in [0.25, 0.3) is 15.9 Å². The molecule has 3 aromatic heterocycles. The van der Waals surface area contributed by atoms with E-state index < -0.39 is 31.4 Å². The van der Waals surface area contributed by atoms with Gasteiger partial charge in [-0.2, -0.15) is 0 Å². The lowest BCUT2D eigenvalue weighted by Crippen LogP contribution is -2.48. The minimum Gasteiger partial charge on any atom is -0.455 e. The van der Waals surface area contributed by atoms with Crippen LogP contribution in [0.2, 0.25) is 0 Å². The summed E-state index contributed by atoms with van der Waals surface area (Å²) in [6.45, 7) is 8.13. The van der Waals surface area contributed by atoms with E-state index in [0.717, 1.165) is 101 Å². The Morgan fingerprint density at radius 3 is 2.47 bits per heavy atom. The number of rotatable bonds is 11. The van der Waals surface area contributed by atoms with Crippen molar-refractivity contribution < 1.29 is 27.6 Å². The molecule has 0 unspecified atom stereocenters. The molecule has 8 rings (SSSR count). The maximum atomic E-state index is 13.9. The van der Waals surface area contributed by atoms with Crippen LogP contribution in [0.4, 0.5) is 17.2 Å². The molecule has 2 saturated heterocycles. The number of anilines is 2. The second-order valence-electron chi connectivity index (χ2n) is 16.5. The number of piperidine rings is 1. The van der Waals surface area contributed by atoms with Crippen molar-refractivity contribution in [2.24, 2.45) is 17.3 Å². The molecule has 304 valence electrons. The minimum atomic E-state index is -4.58. The number of pyridine rings is 2. The molecule has 0 bridgehead atoms. The highest BCUT2D eigenvalue weighted by Crippen LogP contribution is 2.47. The molecule has 1 aromatic carbocycles. The molecule has 4 aromatic rings. The van der Waals surface area contributed by atoms with Gasteiger partial charge in [0, 0.05) is 68.2 Å². The van der Waals surface area contributed by atoms with Crippen molar-refractivity contribution in [1.82, 2.24) is 24.6 Å². The number of nitro groups is 1. The summed E-state index contributed by atoms with van der Waals surface area (Å²) in [6.07, 6.45) is 15.6. The predicted octanol–water partition coefficient (Wildman–Crippen LogP) is 6.88. The summed E-state index contributed by atoms with van der Waals surface area (Å²) >= 11 is 0. The number of aromatic amines is 1. The lowest BCUT2D eigenvalue weighted by molar-refractivity contribution is -0.384. The Morgan fingerprint density at radius 1 is 0.982 bits per heavy atom. The fourth-order valence-electron chi connectivity index (χ4n) is 9.21. The van der Waals surface area contributed by atoms with Crippen LogP contribution in [0.25, 0.3) is 11.0 Å². The number of nitrogens with one attached hydrogen (secondary N) is 3. The first kappa shape index (κ1) is 39.0. The van der Waals surface area contributed by atoms with Crippen molar-refractivity contribution in [3.05, 3.63) is 70.7 Å². The van der Waals surface area contributed by atoms with Crippen LogP contribution in [0.5, 0.6) is 11.5 Å². The predicted molar refractivity (Wildman–Crippen MR) is 216 cm³/mol. The van der Waals surface area contributed by atoms with Gasteiger partial charge in [-0.25, -0.2) is 23.1 Å². The minimum absolute atomic E-state index is 0.00696. The van der Waals surface area contributed by atoms with Crippen LogP contribution >= 0.6 is 0 Å². The molecule has 4 aliphatic rings. The van der Waals surface area contributed by atoms with E-state index in [1.807, 2.05) is 12.1 Å². The average molecular weight is 801 g/mol. The Morgan fingerprint density at radius 2 is 1.74 bits per heavy atom. The molecule has 4 fully saturated rings. The van der Waals surface area contributed by atoms with Crippen LogP contribution < -0.4 is 19.7 Å². The SMILES string of the molecule is CC1CCC(CNc2ncc(S(=O)(=O)NC(=O)c3ccc(N4CCC5(CCC(N6CCOCC6)CC5)CC4)cc3Oc3cnc4[nH]ccc4c3)cc2[N+](=O)[O-])CC1. The van der Waals surface area contributed by atoms with E-state index in [4.69, 9.17) is 9.47 Å². The second kappa shape index (κ2) is 16.6. The van der Waals surface area contributed by atoms with Crippen molar-refractivity contribution in [2.45, 2.75) is 82.1 Å². The molecule has 16 heteroatoms. The number of nitrogens with zero attached hydrogens (tertiary/aromatic N) is 5. The lowest BCUT2D eigenvalue weighted by atomic mass is 9.66. The number of benzene rings is 1. The standard InChI is InChI=1S/C41H52N8O7S/c1-28-2-4-29(5-3-28)25-43-39-36(49(51)52)24-34(27-45-39)57(53,54)46-40(50)35-7-6-32(23-37(35)56-33-22-30-10-15-42-38(30)44-26-33)47-16-13-41(14-17-47)11-8-31(9-12-41)48-18-20-55-21-19-48/h6-7,10,15,22-24,26-29,31H,2-5,8-9,11-14,16-21,25H2,1H3,(H,42,44)(H,43,45)(H,46,50). The Bertz CT molecular complexity index is 2180. The van der Waals surface area contributed by atoms with E-state index in [1.165, 1.54) is 31.9 Å². The van der Waals surface area contributed by atoms with E-state index in [1.54, 1.807) is 24.4 Å². The van der Waals surface area contributed by atoms with Crippen LogP contribution in [0.1, 0.15) is 81.5 Å². The molecule has 15 nitrogen and oxygen atoms in total. The number of carbonyl (C=O) groups is 1. The number of hydrogen-bond donors (Lipinski definition) is 3. The molecular weight excluding hydrogens is 749 g/mol. The first-order chi connectivity index (χ1) is 27.5. The first-order valence-corrected chi connectivity index (χ1v) is 21.8. The maximum Gasteiger partial charge on any atom is 0.312 e. The van der Waals surface area contributed by atoms with Gasteiger partial charge in [-0.1, -0.05) is 19.8 Å². The molecule has 2 saturated carbocycles. The highest BCUT2D eigenvalue weighted by atomic mass is 32.2. The number of H-pyrrole nitrogens is 1. The number of aromatic nitrogens is 3. The molecule has 1 amide bonds. The van der Waals surface area contributed by atoms with Gasteiger partial charge in [-0.15, -0.1) is 0 Å². The van der Waals surface area contributed by atoms with Gasteiger partial charge in [0.1, 0.15) is 22.0 Å². The number of fused-ring (bicyclic) bond motifs is 1. The molecule has 0 atom stereocenters. The van der Waals surface area contributed by atoms with Crippen molar-refractivity contribution in [3.8, 4) is 11.5 Å². The number of amides is 1. The summed E-state index contributed by atoms with van der Waals surface area (Å²) in [5.41, 5.74) is 1.37. The summed E-state index contributed by atoms with van der Waals surface area (Å²) in [4.78, 5) is 41.2. The Labute approximate surface area is 333 Å². The van der Waals surface area contributed by atoms with Crippen LogP contribution in [0.15, 0.2) is 59.9 Å². The van der Waals surface area contributed by atoms with Crippen molar-refractivity contribution >= 4 is 44.2 Å². The Kier molecular flexibility index (Phi) is 11.4. The molecular formula is C41H52N8O7S. The molecule has 1 spiro atoms. The third-order valence-corrected chi connectivity index (χ3v) is 14.1.